The monoisotopic (exact) mass is 184 g/mol. The summed E-state index contributed by atoms with van der Waals surface area (Å²) >= 11 is 0. The SMILES string of the molecule is CC12NCCCNC1NCCCN2. The molecule has 0 aromatic carbocycles. The van der Waals surface area contributed by atoms with Gasteiger partial charge in [-0.25, -0.2) is 0 Å². The summed E-state index contributed by atoms with van der Waals surface area (Å²) in [6.07, 6.45) is 2.77. The molecule has 2 aliphatic rings. The van der Waals surface area contributed by atoms with Crippen molar-refractivity contribution < 1.29 is 0 Å². The van der Waals surface area contributed by atoms with Crippen molar-refractivity contribution in [3.63, 3.8) is 0 Å². The lowest BCUT2D eigenvalue weighted by molar-refractivity contribution is 0.213. The molecule has 13 heavy (non-hydrogen) atoms. The first-order chi connectivity index (χ1) is 6.31. The third kappa shape index (κ3) is 2.02. The van der Waals surface area contributed by atoms with Crippen molar-refractivity contribution in [1.82, 2.24) is 21.3 Å². The predicted octanol–water partition coefficient (Wildman–Crippen LogP) is -0.805. The van der Waals surface area contributed by atoms with E-state index in [1.54, 1.807) is 0 Å². The lowest BCUT2D eigenvalue weighted by atomic mass is 10.1. The maximum Gasteiger partial charge on any atom is 0.0951 e. The van der Waals surface area contributed by atoms with Crippen molar-refractivity contribution in [1.29, 1.82) is 0 Å². The average Bonchev–Trinajstić information content (AvgIpc) is 2.37. The normalized spacial score (nSPS) is 41.8. The van der Waals surface area contributed by atoms with Crippen LogP contribution in [0.15, 0.2) is 0 Å². The van der Waals surface area contributed by atoms with Gasteiger partial charge in [-0.05, 0) is 45.9 Å². The Labute approximate surface area is 79.8 Å². The van der Waals surface area contributed by atoms with Gasteiger partial charge in [-0.1, -0.05) is 0 Å². The van der Waals surface area contributed by atoms with E-state index in [1.807, 2.05) is 0 Å². The van der Waals surface area contributed by atoms with E-state index in [9.17, 15) is 0 Å². The van der Waals surface area contributed by atoms with Gasteiger partial charge in [-0.3, -0.25) is 21.3 Å². The second kappa shape index (κ2) is 3.92. The summed E-state index contributed by atoms with van der Waals surface area (Å²) < 4.78 is 0. The van der Waals surface area contributed by atoms with Crippen molar-refractivity contribution >= 4 is 0 Å². The Morgan fingerprint density at radius 3 is 2.00 bits per heavy atom. The van der Waals surface area contributed by atoms with E-state index < -0.39 is 0 Å². The van der Waals surface area contributed by atoms with Gasteiger partial charge >= 0.3 is 0 Å². The minimum Gasteiger partial charge on any atom is -0.299 e. The minimum absolute atomic E-state index is 0.0208. The standard InChI is InChI=1S/C9H20N4/c1-9-8(10-4-2-6-12-9)11-5-3-7-13-9/h8,10-13H,2-7H2,1H3. The molecule has 2 rings (SSSR count). The second-order valence-corrected chi connectivity index (χ2v) is 4.10. The van der Waals surface area contributed by atoms with Crippen molar-refractivity contribution in [2.45, 2.75) is 31.6 Å². The molecule has 76 valence electrons. The van der Waals surface area contributed by atoms with E-state index >= 15 is 0 Å². The van der Waals surface area contributed by atoms with Gasteiger partial charge in [0.25, 0.3) is 0 Å². The van der Waals surface area contributed by atoms with Crippen LogP contribution in [0.5, 0.6) is 0 Å². The fourth-order valence-electron chi connectivity index (χ4n) is 2.11. The third-order valence-electron chi connectivity index (χ3n) is 2.97. The average molecular weight is 184 g/mol. The lowest BCUT2D eigenvalue weighted by Gasteiger charge is -2.36. The van der Waals surface area contributed by atoms with Crippen LogP contribution in [0.1, 0.15) is 19.8 Å². The van der Waals surface area contributed by atoms with Gasteiger partial charge in [-0.15, -0.1) is 0 Å². The molecule has 2 fully saturated rings. The zero-order valence-corrected chi connectivity index (χ0v) is 8.32. The molecule has 0 bridgehead atoms. The summed E-state index contributed by atoms with van der Waals surface area (Å²) in [7, 11) is 0. The number of hydrogen-bond acceptors (Lipinski definition) is 4. The summed E-state index contributed by atoms with van der Waals surface area (Å²) in [4.78, 5) is 0. The molecule has 0 atom stereocenters. The second-order valence-electron chi connectivity index (χ2n) is 4.10. The Balaban J connectivity index is 2.08. The smallest absolute Gasteiger partial charge is 0.0951 e. The molecule has 2 heterocycles. The highest BCUT2D eigenvalue weighted by molar-refractivity contribution is 4.95. The summed E-state index contributed by atoms with van der Waals surface area (Å²) in [6, 6.07) is 0. The van der Waals surface area contributed by atoms with E-state index in [-0.39, 0.29) is 5.66 Å². The van der Waals surface area contributed by atoms with E-state index in [0.717, 1.165) is 26.2 Å². The van der Waals surface area contributed by atoms with Crippen LogP contribution in [0.3, 0.4) is 0 Å². The van der Waals surface area contributed by atoms with Gasteiger partial charge in [0.05, 0.1) is 11.8 Å². The van der Waals surface area contributed by atoms with Crippen molar-refractivity contribution in [2.75, 3.05) is 26.2 Å². The molecule has 4 heteroatoms. The van der Waals surface area contributed by atoms with Crippen LogP contribution < -0.4 is 21.3 Å². The van der Waals surface area contributed by atoms with Gasteiger partial charge in [-0.2, -0.15) is 0 Å². The molecular formula is C9H20N4. The Kier molecular flexibility index (Phi) is 2.83. The van der Waals surface area contributed by atoms with Gasteiger partial charge in [0.15, 0.2) is 0 Å². The Hall–Kier alpha value is -0.160. The number of nitrogens with one attached hydrogen (secondary N) is 4. The van der Waals surface area contributed by atoms with E-state index in [1.165, 1.54) is 12.8 Å². The molecule has 0 unspecified atom stereocenters. The molecule has 0 radical (unpaired) electrons. The van der Waals surface area contributed by atoms with Crippen LogP contribution in [-0.4, -0.2) is 38.0 Å². The van der Waals surface area contributed by atoms with Crippen LogP contribution in [0.4, 0.5) is 0 Å². The first kappa shape index (κ1) is 9.40. The molecule has 0 spiro atoms. The highest BCUT2D eigenvalue weighted by Gasteiger charge is 2.35. The van der Waals surface area contributed by atoms with E-state index in [2.05, 4.69) is 28.2 Å². The molecule has 0 aromatic rings. The minimum atomic E-state index is 0.0208. The Bertz CT molecular complexity index is 157. The fraction of sp³-hybridized carbons (Fsp3) is 1.00. The largest absolute Gasteiger partial charge is 0.299 e. The van der Waals surface area contributed by atoms with Crippen LogP contribution in [0.25, 0.3) is 0 Å². The van der Waals surface area contributed by atoms with E-state index in [0.29, 0.717) is 6.17 Å². The van der Waals surface area contributed by atoms with E-state index in [4.69, 9.17) is 0 Å². The number of rotatable bonds is 0. The molecule has 0 saturated carbocycles. The van der Waals surface area contributed by atoms with Gasteiger partial charge in [0.2, 0.25) is 0 Å². The maximum absolute atomic E-state index is 3.56. The topological polar surface area (TPSA) is 48.1 Å². The fourth-order valence-corrected chi connectivity index (χ4v) is 2.11. The first-order valence-electron chi connectivity index (χ1n) is 5.28. The lowest BCUT2D eigenvalue weighted by Crippen LogP contribution is -2.68. The maximum atomic E-state index is 3.56. The van der Waals surface area contributed by atoms with Gasteiger partial charge in [0, 0.05) is 0 Å². The Morgan fingerprint density at radius 2 is 1.46 bits per heavy atom. The van der Waals surface area contributed by atoms with Crippen LogP contribution in [0.2, 0.25) is 0 Å². The van der Waals surface area contributed by atoms with Crippen LogP contribution >= 0.6 is 0 Å². The zero-order valence-electron chi connectivity index (χ0n) is 8.32. The van der Waals surface area contributed by atoms with Crippen LogP contribution in [-0.2, 0) is 0 Å². The summed E-state index contributed by atoms with van der Waals surface area (Å²) in [5.41, 5.74) is 0.0208. The quantitative estimate of drug-likeness (QED) is 0.398. The summed E-state index contributed by atoms with van der Waals surface area (Å²) in [6.45, 7) is 6.61. The third-order valence-corrected chi connectivity index (χ3v) is 2.97. The number of hydrogen-bond donors (Lipinski definition) is 4. The predicted molar refractivity (Wildman–Crippen MR) is 53.4 cm³/mol. The van der Waals surface area contributed by atoms with Crippen molar-refractivity contribution in [3.05, 3.63) is 0 Å². The molecule has 0 aromatic heterocycles. The molecule has 2 aliphatic heterocycles. The highest BCUT2D eigenvalue weighted by atomic mass is 15.3. The molecular weight excluding hydrogens is 164 g/mol. The van der Waals surface area contributed by atoms with Crippen molar-refractivity contribution in [2.24, 2.45) is 0 Å². The Morgan fingerprint density at radius 1 is 0.923 bits per heavy atom. The molecule has 0 amide bonds. The number of fused-ring (bicyclic) bond motifs is 1. The molecule has 4 N–H and O–H groups in total. The highest BCUT2D eigenvalue weighted by Crippen LogP contribution is 2.09. The summed E-state index contributed by atoms with van der Waals surface area (Å²) in [5.74, 6) is 0. The van der Waals surface area contributed by atoms with Crippen molar-refractivity contribution in [3.8, 4) is 0 Å². The van der Waals surface area contributed by atoms with Gasteiger partial charge < -0.3 is 0 Å². The summed E-state index contributed by atoms with van der Waals surface area (Å²) in [5, 5.41) is 14.2. The zero-order chi connectivity index (χ0) is 9.15. The first-order valence-corrected chi connectivity index (χ1v) is 5.28. The molecule has 2 saturated heterocycles. The molecule has 0 aliphatic carbocycles. The molecule has 4 nitrogen and oxygen atoms in total. The van der Waals surface area contributed by atoms with Crippen LogP contribution in [0, 0.1) is 0 Å². The van der Waals surface area contributed by atoms with Gasteiger partial charge in [0.1, 0.15) is 0 Å².